The largest absolute Gasteiger partial charge is 0.479 e. The molecule has 3 nitrogen and oxygen atoms in total. The van der Waals surface area contributed by atoms with Gasteiger partial charge in [-0.05, 0) is 6.37 Å². The lowest BCUT2D eigenvalue weighted by atomic mass is 10.3. The van der Waals surface area contributed by atoms with Crippen LogP contribution in [0, 0.1) is 0 Å². The molecule has 0 heterocycles. The highest BCUT2D eigenvalue weighted by molar-refractivity contribution is 5.71. The van der Waals surface area contributed by atoms with Crippen molar-refractivity contribution in [2.24, 2.45) is 0 Å². The molecular weight excluding hydrogens is 96.0 g/mol. The van der Waals surface area contributed by atoms with Crippen LogP contribution in [0.15, 0.2) is 0 Å². The summed E-state index contributed by atoms with van der Waals surface area (Å²) < 4.78 is 20.0. The van der Waals surface area contributed by atoms with Gasteiger partial charge in [0.15, 0.2) is 6.08 Å². The van der Waals surface area contributed by atoms with Crippen molar-refractivity contribution in [3.05, 3.63) is 0 Å². The van der Waals surface area contributed by atoms with Crippen LogP contribution in [0.25, 0.3) is 0 Å². The van der Waals surface area contributed by atoms with Gasteiger partial charge in [0.1, 0.15) is 0 Å². The fraction of sp³-hybridized carbons (Fsp3) is 0.750. The van der Waals surface area contributed by atoms with Crippen LogP contribution in [-0.2, 0) is 4.79 Å². The monoisotopic (exact) mass is 107 g/mol. The van der Waals surface area contributed by atoms with E-state index in [2.05, 4.69) is 0 Å². The maximum atomic E-state index is 9.99. The number of hydrogen-bond acceptors (Lipinski definition) is 2. The number of carboxylic acids is 1. The molecule has 0 saturated carbocycles. The first-order valence-corrected chi connectivity index (χ1v) is 1.65. The third-order valence-corrected chi connectivity index (χ3v) is 0.439. The number of carbonyl (C=O) groups is 1. The van der Waals surface area contributed by atoms with Crippen molar-refractivity contribution in [3.8, 4) is 0 Å². The molecule has 1 unspecified atom stereocenters. The Morgan fingerprint density at radius 2 is 2.71 bits per heavy atom. The van der Waals surface area contributed by atoms with Gasteiger partial charge in [-0.2, -0.15) is 0 Å². The minimum atomic E-state index is -3.06. The predicted octanol–water partition coefficient (Wildman–Crippen LogP) is -0.158. The van der Waals surface area contributed by atoms with Crippen LogP contribution < -0.4 is 0 Å². The Bertz CT molecular complexity index is 148. The molecule has 0 amide bonds. The van der Waals surface area contributed by atoms with Crippen molar-refractivity contribution >= 4 is 5.97 Å². The van der Waals surface area contributed by atoms with Gasteiger partial charge in [-0.1, -0.05) is 6.92 Å². The lowest BCUT2D eigenvalue weighted by Crippen LogP contribution is -2.17. The molecule has 3 heteroatoms. The quantitative estimate of drug-likeness (QED) is 0.515. The number of aliphatic carboxylic acids is 1. The van der Waals surface area contributed by atoms with Crippen LogP contribution in [0.1, 0.15) is 17.4 Å². The first kappa shape index (κ1) is 2.67. The number of rotatable bonds is 2. The number of carboxylic acid groups (broad SMARTS) is 1. The fourth-order valence-electron chi connectivity index (χ4n) is 0.107. The highest BCUT2D eigenvalue weighted by atomic mass is 16.4. The van der Waals surface area contributed by atoms with Crippen molar-refractivity contribution in [1.82, 2.24) is 0 Å². The van der Waals surface area contributed by atoms with Gasteiger partial charge in [0.2, 0.25) is 0 Å². The molecule has 0 radical (unpaired) electrons. The zero-order valence-electron chi connectivity index (χ0n) is 6.80. The lowest BCUT2D eigenvalue weighted by molar-refractivity contribution is -0.146. The van der Waals surface area contributed by atoms with E-state index in [-0.39, 0.29) is 0 Å². The first-order chi connectivity index (χ1) is 4.19. The molecule has 0 spiro atoms. The van der Waals surface area contributed by atoms with Crippen LogP contribution in [0.3, 0.4) is 0 Å². The highest BCUT2D eigenvalue weighted by Gasteiger charge is 2.07. The molecule has 0 saturated heterocycles. The topological polar surface area (TPSA) is 57.5 Å². The second-order valence-corrected chi connectivity index (χ2v) is 0.904. The predicted molar refractivity (Wildman–Crippen MR) is 23.9 cm³/mol. The molecule has 0 rings (SSSR count). The molecule has 0 bridgehead atoms. The van der Waals surface area contributed by atoms with E-state index >= 15 is 0 Å². The summed E-state index contributed by atoms with van der Waals surface area (Å²) in [5, 5.41) is 16.7. The molecule has 0 fully saturated rings. The van der Waals surface area contributed by atoms with Gasteiger partial charge in [-0.3, -0.25) is 0 Å². The lowest BCUT2D eigenvalue weighted by Gasteiger charge is -1.95. The summed E-state index contributed by atoms with van der Waals surface area (Å²) in [4.78, 5) is 9.99. The summed E-state index contributed by atoms with van der Waals surface area (Å²) in [5.41, 5.74) is 0. The van der Waals surface area contributed by atoms with E-state index in [0.29, 0.717) is 0 Å². The van der Waals surface area contributed by atoms with Crippen molar-refractivity contribution < 1.29 is 19.1 Å². The van der Waals surface area contributed by atoms with E-state index in [0.717, 1.165) is 6.92 Å². The van der Waals surface area contributed by atoms with Crippen molar-refractivity contribution in [2.45, 2.75) is 19.4 Å². The van der Waals surface area contributed by atoms with Gasteiger partial charge in [0.25, 0.3) is 0 Å². The van der Waals surface area contributed by atoms with E-state index in [4.69, 9.17) is 14.3 Å². The average molecular weight is 107 g/mol. The molecule has 42 valence electrons. The molecule has 2 N–H and O–H groups in total. The van der Waals surface area contributed by atoms with E-state index in [9.17, 15) is 4.79 Å². The van der Waals surface area contributed by atoms with Crippen molar-refractivity contribution in [2.75, 3.05) is 0 Å². The highest BCUT2D eigenvalue weighted by Crippen LogP contribution is 1.86. The Hall–Kier alpha value is -0.570. The Labute approximate surface area is 45.8 Å². The molecule has 0 aromatic carbocycles. The minimum absolute atomic E-state index is 0.828. The van der Waals surface area contributed by atoms with E-state index in [1.165, 1.54) is 0 Å². The Morgan fingerprint density at radius 1 is 2.29 bits per heavy atom. The van der Waals surface area contributed by atoms with Gasteiger partial charge in [0.05, 0.1) is 1.37 Å². The maximum absolute atomic E-state index is 9.99. The Morgan fingerprint density at radius 3 is 2.71 bits per heavy atom. The van der Waals surface area contributed by atoms with Gasteiger partial charge in [-0.15, -0.1) is 0 Å². The summed E-state index contributed by atoms with van der Waals surface area (Å²) in [6.45, 7) is 0.828. The molecule has 0 aliphatic heterocycles. The Balaban J connectivity index is 4.57. The molecule has 1 atom stereocenters. The normalized spacial score (nSPS) is 26.3. The number of hydrogen-bond donors (Lipinski definition) is 2. The van der Waals surface area contributed by atoms with Crippen LogP contribution in [0.5, 0.6) is 0 Å². The van der Waals surface area contributed by atoms with Crippen molar-refractivity contribution in [1.29, 1.82) is 0 Å². The molecule has 0 aliphatic carbocycles. The van der Waals surface area contributed by atoms with Crippen LogP contribution in [0.4, 0.5) is 0 Å². The third kappa shape index (κ3) is 2.17. The minimum Gasteiger partial charge on any atom is -0.479 e. The van der Waals surface area contributed by atoms with Gasteiger partial charge >= 0.3 is 5.97 Å². The summed E-state index contributed by atoms with van der Waals surface area (Å²) in [6, 6.07) is 0. The maximum Gasteiger partial charge on any atom is 0.332 e. The van der Waals surface area contributed by atoms with Crippen LogP contribution >= 0.6 is 0 Å². The second kappa shape index (κ2) is 2.58. The van der Waals surface area contributed by atoms with Gasteiger partial charge in [-0.25, -0.2) is 4.79 Å². The summed E-state index contributed by atoms with van der Waals surface area (Å²) >= 11 is 0. The summed E-state index contributed by atoms with van der Waals surface area (Å²) in [6.07, 6.45) is -5.52. The SMILES string of the molecule is [2H]C([2H])(C)C([2H])(O)C(=O)O. The number of aliphatic hydroxyl groups is 1. The zero-order valence-corrected chi connectivity index (χ0v) is 3.80. The van der Waals surface area contributed by atoms with Crippen LogP contribution in [0.2, 0.25) is 0 Å². The zero-order chi connectivity index (χ0) is 8.58. The molecule has 0 aromatic rings. The molecule has 7 heavy (non-hydrogen) atoms. The standard InChI is InChI=1S/C4H8O3/c1-2-3(5)4(6)7/h3,5H,2H2,1H3,(H,6,7)/i2D2,3D. The first-order valence-electron chi connectivity index (χ1n) is 3.15. The van der Waals surface area contributed by atoms with E-state index < -0.39 is 18.4 Å². The molecular formula is C4H8O3. The average Bonchev–Trinajstić information content (AvgIpc) is 1.62. The summed E-state index contributed by atoms with van der Waals surface area (Å²) in [7, 11) is 0. The third-order valence-electron chi connectivity index (χ3n) is 0.439. The molecule has 0 aromatic heterocycles. The van der Waals surface area contributed by atoms with Gasteiger partial charge < -0.3 is 10.2 Å². The smallest absolute Gasteiger partial charge is 0.332 e. The van der Waals surface area contributed by atoms with Crippen LogP contribution in [-0.4, -0.2) is 22.3 Å². The van der Waals surface area contributed by atoms with E-state index in [1.807, 2.05) is 0 Å². The van der Waals surface area contributed by atoms with Gasteiger partial charge in [0, 0.05) is 2.74 Å². The Kier molecular flexibility index (Phi) is 0.982. The van der Waals surface area contributed by atoms with Crippen molar-refractivity contribution in [3.63, 3.8) is 0 Å². The second-order valence-electron chi connectivity index (χ2n) is 0.904. The summed E-state index contributed by atoms with van der Waals surface area (Å²) in [5.74, 6) is -1.89. The fourth-order valence-corrected chi connectivity index (χ4v) is 0.107. The van der Waals surface area contributed by atoms with E-state index in [1.54, 1.807) is 0 Å². The molecule has 0 aliphatic rings.